The Kier molecular flexibility index (Phi) is 17.7. The Labute approximate surface area is 72.3 Å². The molecule has 0 radical (unpaired) electrons. The van der Waals surface area contributed by atoms with E-state index in [0.717, 1.165) is 0 Å². The van der Waals surface area contributed by atoms with Gasteiger partial charge in [0.05, 0.1) is 0 Å². The topological polar surface area (TPSA) is 52.5 Å². The van der Waals surface area contributed by atoms with Gasteiger partial charge in [-0.05, 0) is 0 Å². The summed E-state index contributed by atoms with van der Waals surface area (Å²) in [5.41, 5.74) is 0. The summed E-state index contributed by atoms with van der Waals surface area (Å²) in [7, 11) is 0. The van der Waals surface area contributed by atoms with Gasteiger partial charge in [-0.2, -0.15) is 0 Å². The largest absolute Gasteiger partial charge is 1.00 e. The monoisotopic (exact) mass is 102 g/mol. The van der Waals surface area contributed by atoms with Crippen molar-refractivity contribution in [2.45, 2.75) is 0 Å². The van der Waals surface area contributed by atoms with E-state index in [0.29, 0.717) is 0 Å². The second kappa shape index (κ2) is 9.10. The predicted molar refractivity (Wildman–Crippen MR) is 8.17 cm³/mol. The van der Waals surface area contributed by atoms with Crippen molar-refractivity contribution < 1.29 is 66.6 Å². The normalized spacial score (nSPS) is 6.00. The summed E-state index contributed by atoms with van der Waals surface area (Å²) in [6.07, 6.45) is 0. The molecule has 0 unspecified atom stereocenters. The van der Waals surface area contributed by atoms with Crippen molar-refractivity contribution in [1.29, 1.82) is 0 Å². The minimum Gasteiger partial charge on any atom is -0.722 e. The van der Waals surface area contributed by atoms with Gasteiger partial charge in [-0.25, -0.2) is 0 Å². The zero-order valence-corrected chi connectivity index (χ0v) is 6.09. The maximum Gasteiger partial charge on any atom is 1.00 e. The first-order valence-electron chi connectivity index (χ1n) is 0.772. The molecule has 0 aromatic rings. The summed E-state index contributed by atoms with van der Waals surface area (Å²) in [6, 6.07) is 0. The van der Waals surface area contributed by atoms with Gasteiger partial charge in [0.25, 0.3) is 0 Å². The first kappa shape index (κ1) is 9.72. The smallest absolute Gasteiger partial charge is 0.722 e. The van der Waals surface area contributed by atoms with Gasteiger partial charge in [0.1, 0.15) is 6.79 Å². The summed E-state index contributed by atoms with van der Waals surface area (Å²) < 4.78 is 0. The van der Waals surface area contributed by atoms with E-state index in [9.17, 15) is 0 Å². The van der Waals surface area contributed by atoms with Crippen LogP contribution in [0.25, 0.3) is 0 Å². The molecule has 0 rings (SSSR count). The molecular formula is CH3KO3. The van der Waals surface area contributed by atoms with Gasteiger partial charge in [0.15, 0.2) is 0 Å². The number of rotatable bonds is 1. The second-order valence-corrected chi connectivity index (χ2v) is 0.247. The van der Waals surface area contributed by atoms with Crippen molar-refractivity contribution in [3.63, 3.8) is 0 Å². The number of aliphatic hydroxyl groups excluding tert-OH is 1. The third kappa shape index (κ3) is 10.8. The number of hydrogen-bond donors (Lipinski definition) is 1. The van der Waals surface area contributed by atoms with Gasteiger partial charge in [0, 0.05) is 0 Å². The van der Waals surface area contributed by atoms with E-state index in [2.05, 4.69) is 4.89 Å². The van der Waals surface area contributed by atoms with Crippen molar-refractivity contribution in [1.82, 2.24) is 0 Å². The van der Waals surface area contributed by atoms with E-state index < -0.39 is 6.79 Å². The quantitative estimate of drug-likeness (QED) is 0.156. The SMILES string of the molecule is [K+].[O-]OCO. The van der Waals surface area contributed by atoms with Crippen LogP contribution in [0.5, 0.6) is 0 Å². The number of hydrogen-bond acceptors (Lipinski definition) is 3. The summed E-state index contributed by atoms with van der Waals surface area (Å²) in [4.78, 5) is 2.85. The van der Waals surface area contributed by atoms with Crippen molar-refractivity contribution in [3.05, 3.63) is 0 Å². The molecule has 0 saturated carbocycles. The van der Waals surface area contributed by atoms with Gasteiger partial charge in [-0.1, -0.05) is 0 Å². The molecule has 0 aliphatic rings. The molecule has 0 heterocycles. The number of aliphatic hydroxyl groups is 1. The standard InChI is InChI=1S/CH4O3.K/c2-1-4-3;/h2-3H,1H2;/q;+1/p-1. The van der Waals surface area contributed by atoms with E-state index in [1.807, 2.05) is 0 Å². The van der Waals surface area contributed by atoms with Crippen LogP contribution in [-0.2, 0) is 4.89 Å². The third-order valence-corrected chi connectivity index (χ3v) is 0.0527. The Morgan fingerprint density at radius 3 is 2.00 bits per heavy atom. The van der Waals surface area contributed by atoms with Gasteiger partial charge < -0.3 is 15.3 Å². The molecule has 0 atom stereocenters. The van der Waals surface area contributed by atoms with Crippen LogP contribution in [0.4, 0.5) is 0 Å². The Bertz CT molecular complexity index is 8.85. The average molecular weight is 102 g/mol. The molecule has 0 saturated heterocycles. The fourth-order valence-electron chi connectivity index (χ4n) is 0. The fourth-order valence-corrected chi connectivity index (χ4v) is 0. The zero-order chi connectivity index (χ0) is 3.41. The van der Waals surface area contributed by atoms with Crippen LogP contribution < -0.4 is 56.6 Å². The van der Waals surface area contributed by atoms with Crippen LogP contribution in [0.15, 0.2) is 0 Å². The van der Waals surface area contributed by atoms with Crippen LogP contribution in [0.1, 0.15) is 0 Å². The zero-order valence-electron chi connectivity index (χ0n) is 2.97. The molecule has 1 N–H and O–H groups in total. The van der Waals surface area contributed by atoms with Crippen LogP contribution in [0, 0.1) is 0 Å². The van der Waals surface area contributed by atoms with Gasteiger partial charge in [-0.3, -0.25) is 0 Å². The predicted octanol–water partition coefficient (Wildman–Crippen LogP) is -4.77. The van der Waals surface area contributed by atoms with E-state index in [-0.39, 0.29) is 51.4 Å². The van der Waals surface area contributed by atoms with Crippen molar-refractivity contribution in [2.75, 3.05) is 6.79 Å². The molecule has 0 bridgehead atoms. The van der Waals surface area contributed by atoms with Crippen LogP contribution in [0.2, 0.25) is 0 Å². The maximum atomic E-state index is 8.55. The van der Waals surface area contributed by atoms with Crippen molar-refractivity contribution in [2.24, 2.45) is 0 Å². The second-order valence-electron chi connectivity index (χ2n) is 0.247. The Morgan fingerprint density at radius 2 is 2.00 bits per heavy atom. The molecule has 0 aromatic carbocycles. The molecule has 5 heavy (non-hydrogen) atoms. The summed E-state index contributed by atoms with van der Waals surface area (Å²) in [5, 5.41) is 15.9. The molecular weight excluding hydrogens is 99.1 g/mol. The van der Waals surface area contributed by atoms with Gasteiger partial charge in [-0.15, -0.1) is 0 Å². The fraction of sp³-hybridized carbons (Fsp3) is 1.00. The Hall–Kier alpha value is 1.52. The van der Waals surface area contributed by atoms with Crippen molar-refractivity contribution >= 4 is 0 Å². The van der Waals surface area contributed by atoms with Crippen LogP contribution in [0.3, 0.4) is 0 Å². The van der Waals surface area contributed by atoms with E-state index in [1.165, 1.54) is 0 Å². The average Bonchev–Trinajstić information content (AvgIpc) is 1.37. The molecule has 0 fully saturated rings. The Morgan fingerprint density at radius 1 is 1.80 bits per heavy atom. The van der Waals surface area contributed by atoms with Crippen LogP contribution in [-0.4, -0.2) is 11.9 Å². The minimum atomic E-state index is -0.736. The molecule has 3 nitrogen and oxygen atoms in total. The molecule has 0 aliphatic heterocycles. The molecule has 0 amide bonds. The minimum absolute atomic E-state index is 0. The first-order chi connectivity index (χ1) is 1.91. The summed E-state index contributed by atoms with van der Waals surface area (Å²) in [5.74, 6) is 0. The van der Waals surface area contributed by atoms with E-state index >= 15 is 0 Å². The maximum absolute atomic E-state index is 8.55. The van der Waals surface area contributed by atoms with Gasteiger partial charge >= 0.3 is 51.4 Å². The molecule has 0 spiro atoms. The Balaban J connectivity index is 0. The molecule has 26 valence electrons. The molecule has 0 aromatic heterocycles. The third-order valence-electron chi connectivity index (χ3n) is 0.0527. The molecule has 4 heteroatoms. The summed E-state index contributed by atoms with van der Waals surface area (Å²) >= 11 is 0. The van der Waals surface area contributed by atoms with E-state index in [1.54, 1.807) is 0 Å². The molecule has 0 aliphatic carbocycles. The first-order valence-corrected chi connectivity index (χ1v) is 0.772. The van der Waals surface area contributed by atoms with Crippen molar-refractivity contribution in [3.8, 4) is 0 Å². The van der Waals surface area contributed by atoms with E-state index in [4.69, 9.17) is 10.4 Å². The summed E-state index contributed by atoms with van der Waals surface area (Å²) in [6.45, 7) is -0.736. The van der Waals surface area contributed by atoms with Crippen LogP contribution >= 0.6 is 0 Å². The van der Waals surface area contributed by atoms with Gasteiger partial charge in [0.2, 0.25) is 0 Å².